The lowest BCUT2D eigenvalue weighted by Gasteiger charge is -2.42. The maximum Gasteiger partial charge on any atom is 0.326 e. The van der Waals surface area contributed by atoms with E-state index in [1.54, 1.807) is 11.8 Å². The minimum Gasteiger partial charge on any atom is -0.480 e. The van der Waals surface area contributed by atoms with Crippen molar-refractivity contribution < 1.29 is 14.7 Å². The van der Waals surface area contributed by atoms with Crippen molar-refractivity contribution in [3.05, 3.63) is 0 Å². The molecule has 2 saturated heterocycles. The number of fused-ring (bicyclic) bond motifs is 1. The molecule has 2 heterocycles. The molecule has 7 heteroatoms. The van der Waals surface area contributed by atoms with Gasteiger partial charge in [-0.25, -0.2) is 9.59 Å². The molecule has 0 aromatic carbocycles. The second-order valence-electron chi connectivity index (χ2n) is 5.91. The van der Waals surface area contributed by atoms with Gasteiger partial charge in [0.05, 0.1) is 0 Å². The highest BCUT2D eigenvalue weighted by atomic mass is 32.2. The number of amides is 2. The minimum absolute atomic E-state index is 0.134. The summed E-state index contributed by atoms with van der Waals surface area (Å²) in [5.41, 5.74) is 0. The van der Waals surface area contributed by atoms with Gasteiger partial charge in [0.2, 0.25) is 0 Å². The fourth-order valence-electron chi connectivity index (χ4n) is 3.20. The molecule has 2 N–H and O–H groups in total. The van der Waals surface area contributed by atoms with Crippen LogP contribution in [0.15, 0.2) is 0 Å². The number of nitrogens with one attached hydrogen (secondary N) is 1. The molecular formula is C14H25N3O3S. The lowest BCUT2D eigenvalue weighted by Crippen LogP contribution is -2.60. The van der Waals surface area contributed by atoms with E-state index in [1.165, 1.54) is 6.42 Å². The van der Waals surface area contributed by atoms with E-state index in [4.69, 9.17) is 0 Å². The van der Waals surface area contributed by atoms with Crippen molar-refractivity contribution in [3.8, 4) is 0 Å². The Balaban J connectivity index is 1.93. The van der Waals surface area contributed by atoms with Gasteiger partial charge in [-0.2, -0.15) is 11.8 Å². The third-order valence-electron chi connectivity index (χ3n) is 4.40. The maximum absolute atomic E-state index is 12.4. The van der Waals surface area contributed by atoms with Gasteiger partial charge in [0.15, 0.2) is 0 Å². The second-order valence-corrected chi connectivity index (χ2v) is 6.90. The van der Waals surface area contributed by atoms with Crippen LogP contribution in [-0.4, -0.2) is 76.7 Å². The first-order valence-corrected chi connectivity index (χ1v) is 8.95. The molecule has 120 valence electrons. The number of urea groups is 1. The Morgan fingerprint density at radius 3 is 2.86 bits per heavy atom. The smallest absolute Gasteiger partial charge is 0.326 e. The summed E-state index contributed by atoms with van der Waals surface area (Å²) < 4.78 is 0. The van der Waals surface area contributed by atoms with E-state index in [-0.39, 0.29) is 12.1 Å². The predicted octanol–water partition coefficient (Wildman–Crippen LogP) is 1.07. The van der Waals surface area contributed by atoms with E-state index in [0.717, 1.165) is 25.3 Å². The first-order valence-electron chi connectivity index (χ1n) is 7.56. The molecule has 0 aliphatic carbocycles. The Morgan fingerprint density at radius 2 is 2.19 bits per heavy atom. The molecule has 2 fully saturated rings. The zero-order valence-electron chi connectivity index (χ0n) is 12.7. The molecule has 3 atom stereocenters. The third-order valence-corrected chi connectivity index (χ3v) is 5.05. The van der Waals surface area contributed by atoms with E-state index in [2.05, 4.69) is 10.2 Å². The summed E-state index contributed by atoms with van der Waals surface area (Å²) in [6, 6.07) is -0.447. The van der Waals surface area contributed by atoms with Gasteiger partial charge in [-0.05, 0) is 44.7 Å². The van der Waals surface area contributed by atoms with Crippen LogP contribution in [0.3, 0.4) is 0 Å². The van der Waals surface area contributed by atoms with E-state index in [1.807, 2.05) is 18.1 Å². The normalized spacial score (nSPS) is 27.2. The molecule has 2 amide bonds. The molecule has 2 aliphatic rings. The average Bonchev–Trinajstić information content (AvgIpc) is 2.88. The topological polar surface area (TPSA) is 72.9 Å². The van der Waals surface area contributed by atoms with E-state index in [0.29, 0.717) is 19.0 Å². The third kappa shape index (κ3) is 4.03. The predicted molar refractivity (Wildman–Crippen MR) is 83.7 cm³/mol. The molecular weight excluding hydrogens is 290 g/mol. The molecule has 0 aromatic rings. The van der Waals surface area contributed by atoms with Gasteiger partial charge in [-0.15, -0.1) is 0 Å². The van der Waals surface area contributed by atoms with Gasteiger partial charge in [0.1, 0.15) is 6.04 Å². The number of piperazine rings is 1. The van der Waals surface area contributed by atoms with Crippen LogP contribution in [0.25, 0.3) is 0 Å². The number of carboxylic acids is 1. The standard InChI is InChI=1S/C14H25N3O3S/c1-10-8-16-6-3-4-11(16)9-17(10)14(20)15-12(13(18)19)5-7-21-2/h10-12H,3-9H2,1-2H3,(H,15,20)(H,18,19)/t10?,11?,12-/m1/s1. The van der Waals surface area contributed by atoms with Crippen LogP contribution in [0.2, 0.25) is 0 Å². The Hall–Kier alpha value is -0.950. The fraction of sp³-hybridized carbons (Fsp3) is 0.857. The minimum atomic E-state index is -0.954. The number of carboxylic acid groups (broad SMARTS) is 1. The number of aliphatic carboxylic acids is 1. The first kappa shape index (κ1) is 16.4. The molecule has 2 aliphatic heterocycles. The molecule has 0 aromatic heterocycles. The number of nitrogens with zero attached hydrogens (tertiary/aromatic N) is 2. The average molecular weight is 315 g/mol. The van der Waals surface area contributed by atoms with Gasteiger partial charge in [-0.3, -0.25) is 4.90 Å². The Kier molecular flexibility index (Phi) is 5.75. The number of hydrogen-bond acceptors (Lipinski definition) is 4. The largest absolute Gasteiger partial charge is 0.480 e. The Bertz CT molecular complexity index is 394. The van der Waals surface area contributed by atoms with Crippen molar-refractivity contribution in [3.63, 3.8) is 0 Å². The van der Waals surface area contributed by atoms with Crippen LogP contribution >= 0.6 is 11.8 Å². The molecule has 0 spiro atoms. The van der Waals surface area contributed by atoms with Crippen molar-refractivity contribution in [2.45, 2.75) is 44.3 Å². The summed E-state index contributed by atoms with van der Waals surface area (Å²) in [4.78, 5) is 27.9. The number of thioether (sulfide) groups is 1. The SMILES string of the molecule is CSCC[C@@H](NC(=O)N1CC2CCCN2CC1C)C(=O)O. The summed E-state index contributed by atoms with van der Waals surface area (Å²) in [6.07, 6.45) is 4.71. The van der Waals surface area contributed by atoms with Gasteiger partial charge in [-0.1, -0.05) is 0 Å². The van der Waals surface area contributed by atoms with Crippen molar-refractivity contribution in [2.24, 2.45) is 0 Å². The molecule has 0 radical (unpaired) electrons. The van der Waals surface area contributed by atoms with E-state index >= 15 is 0 Å². The lowest BCUT2D eigenvalue weighted by molar-refractivity contribution is -0.139. The van der Waals surface area contributed by atoms with Crippen molar-refractivity contribution >= 4 is 23.8 Å². The van der Waals surface area contributed by atoms with Crippen LogP contribution in [-0.2, 0) is 4.79 Å². The first-order chi connectivity index (χ1) is 10.0. The monoisotopic (exact) mass is 315 g/mol. The van der Waals surface area contributed by atoms with Gasteiger partial charge in [0.25, 0.3) is 0 Å². The van der Waals surface area contributed by atoms with Crippen molar-refractivity contribution in [2.75, 3.05) is 31.6 Å². The Morgan fingerprint density at radius 1 is 1.43 bits per heavy atom. The van der Waals surface area contributed by atoms with E-state index in [9.17, 15) is 14.7 Å². The molecule has 6 nitrogen and oxygen atoms in total. The highest BCUT2D eigenvalue weighted by molar-refractivity contribution is 7.98. The highest BCUT2D eigenvalue weighted by Gasteiger charge is 2.37. The van der Waals surface area contributed by atoms with Crippen LogP contribution in [0.1, 0.15) is 26.2 Å². The zero-order chi connectivity index (χ0) is 15.4. The molecule has 2 rings (SSSR count). The van der Waals surface area contributed by atoms with Gasteiger partial charge >= 0.3 is 12.0 Å². The second kappa shape index (κ2) is 7.35. The van der Waals surface area contributed by atoms with Crippen molar-refractivity contribution in [1.82, 2.24) is 15.1 Å². The Labute approximate surface area is 130 Å². The highest BCUT2D eigenvalue weighted by Crippen LogP contribution is 2.24. The zero-order valence-corrected chi connectivity index (χ0v) is 13.6. The summed E-state index contributed by atoms with van der Waals surface area (Å²) in [6.45, 7) is 4.75. The lowest BCUT2D eigenvalue weighted by atomic mass is 10.1. The maximum atomic E-state index is 12.4. The van der Waals surface area contributed by atoms with Crippen molar-refractivity contribution in [1.29, 1.82) is 0 Å². The van der Waals surface area contributed by atoms with Gasteiger partial charge in [0, 0.05) is 25.2 Å². The summed E-state index contributed by atoms with van der Waals surface area (Å²) >= 11 is 1.59. The number of rotatable bonds is 5. The van der Waals surface area contributed by atoms with Crippen LogP contribution in [0, 0.1) is 0 Å². The molecule has 0 saturated carbocycles. The number of carbonyl (C=O) groups is 2. The van der Waals surface area contributed by atoms with Gasteiger partial charge < -0.3 is 15.3 Å². The number of hydrogen-bond donors (Lipinski definition) is 2. The summed E-state index contributed by atoms with van der Waals surface area (Å²) in [5.74, 6) is -0.229. The van der Waals surface area contributed by atoms with Crippen LogP contribution < -0.4 is 5.32 Å². The summed E-state index contributed by atoms with van der Waals surface area (Å²) in [7, 11) is 0. The molecule has 0 bridgehead atoms. The van der Waals surface area contributed by atoms with E-state index < -0.39 is 12.0 Å². The molecule has 2 unspecified atom stereocenters. The fourth-order valence-corrected chi connectivity index (χ4v) is 3.67. The number of carbonyl (C=O) groups excluding carboxylic acids is 1. The van der Waals surface area contributed by atoms with Crippen LogP contribution in [0.5, 0.6) is 0 Å². The quantitative estimate of drug-likeness (QED) is 0.794. The summed E-state index contributed by atoms with van der Waals surface area (Å²) in [5, 5.41) is 11.9. The molecule has 21 heavy (non-hydrogen) atoms. The van der Waals surface area contributed by atoms with Crippen LogP contribution in [0.4, 0.5) is 4.79 Å².